The fourth-order valence-electron chi connectivity index (χ4n) is 5.26. The van der Waals surface area contributed by atoms with E-state index in [9.17, 15) is 0 Å². The van der Waals surface area contributed by atoms with E-state index in [0.29, 0.717) is 16.4 Å². The third-order valence-electron chi connectivity index (χ3n) is 6.61. The highest BCUT2D eigenvalue weighted by Gasteiger charge is 2.55. The van der Waals surface area contributed by atoms with Crippen molar-refractivity contribution in [3.8, 4) is 0 Å². The van der Waals surface area contributed by atoms with Gasteiger partial charge in [0.2, 0.25) is 0 Å². The van der Waals surface area contributed by atoms with E-state index in [0.717, 1.165) is 18.1 Å². The van der Waals surface area contributed by atoms with Crippen molar-refractivity contribution < 1.29 is 0 Å². The molecule has 0 aromatic rings. The van der Waals surface area contributed by atoms with Gasteiger partial charge in [-0.25, -0.2) is 0 Å². The molecule has 1 unspecified atom stereocenters. The number of nitrogens with zero attached hydrogens (tertiary/aromatic N) is 3. The van der Waals surface area contributed by atoms with Crippen LogP contribution in [0.4, 0.5) is 0 Å². The minimum atomic E-state index is 0.354. The van der Waals surface area contributed by atoms with Crippen LogP contribution in [0.1, 0.15) is 68.2 Å². The van der Waals surface area contributed by atoms with Gasteiger partial charge in [-0.1, -0.05) is 20.8 Å². The fourth-order valence-corrected chi connectivity index (χ4v) is 5.26. The maximum atomic E-state index is 2.81. The molecule has 3 atom stereocenters. The van der Waals surface area contributed by atoms with E-state index in [-0.39, 0.29) is 0 Å². The second-order valence-corrected chi connectivity index (χ2v) is 11.5. The summed E-state index contributed by atoms with van der Waals surface area (Å²) in [5, 5.41) is 0. The van der Waals surface area contributed by atoms with Crippen molar-refractivity contribution in [2.45, 2.75) is 91.9 Å². The Bertz CT molecular complexity index is 433. The summed E-state index contributed by atoms with van der Waals surface area (Å²) in [7, 11) is 0. The minimum absolute atomic E-state index is 0.354. The Morgan fingerprint density at radius 3 is 1.75 bits per heavy atom. The van der Waals surface area contributed by atoms with E-state index >= 15 is 0 Å². The van der Waals surface area contributed by atoms with E-state index in [4.69, 9.17) is 0 Å². The van der Waals surface area contributed by atoms with Crippen LogP contribution in [-0.2, 0) is 0 Å². The van der Waals surface area contributed by atoms with Crippen LogP contribution in [0, 0.1) is 10.8 Å². The van der Waals surface area contributed by atoms with Gasteiger partial charge in [0, 0.05) is 61.8 Å². The highest BCUT2D eigenvalue weighted by atomic mass is 15.4. The van der Waals surface area contributed by atoms with Crippen molar-refractivity contribution in [2.75, 3.05) is 32.7 Å². The molecule has 3 fully saturated rings. The molecule has 0 aliphatic carbocycles. The summed E-state index contributed by atoms with van der Waals surface area (Å²) in [6, 6.07) is 2.27. The van der Waals surface area contributed by atoms with Gasteiger partial charge < -0.3 is 0 Å². The lowest BCUT2D eigenvalue weighted by Crippen LogP contribution is -2.76. The predicted octanol–water partition coefficient (Wildman–Crippen LogP) is 3.69. The lowest BCUT2D eigenvalue weighted by atomic mass is 9.69. The molecule has 3 aliphatic heterocycles. The Morgan fingerprint density at radius 1 is 0.833 bits per heavy atom. The Hall–Kier alpha value is -0.120. The van der Waals surface area contributed by atoms with Gasteiger partial charge in [0.15, 0.2) is 0 Å². The van der Waals surface area contributed by atoms with Crippen LogP contribution in [-0.4, -0.2) is 71.1 Å². The lowest BCUT2D eigenvalue weighted by molar-refractivity contribution is -0.165. The number of piperidine rings is 1. The molecule has 0 saturated carbocycles. The first-order chi connectivity index (χ1) is 10.9. The molecule has 140 valence electrons. The lowest BCUT2D eigenvalue weighted by Gasteiger charge is -2.65. The van der Waals surface area contributed by atoms with Crippen LogP contribution in [0.3, 0.4) is 0 Å². The summed E-state index contributed by atoms with van der Waals surface area (Å²) in [5.74, 6) is 0. The van der Waals surface area contributed by atoms with Gasteiger partial charge in [-0.05, 0) is 52.9 Å². The second kappa shape index (κ2) is 5.96. The van der Waals surface area contributed by atoms with Crippen LogP contribution in [0.2, 0.25) is 0 Å². The molecule has 3 heterocycles. The molecule has 3 heteroatoms. The molecule has 3 saturated heterocycles. The molecule has 0 N–H and O–H groups in total. The summed E-state index contributed by atoms with van der Waals surface area (Å²) in [6.45, 7) is 25.6. The molecular formula is C21H41N3. The number of hydrogen-bond acceptors (Lipinski definition) is 3. The summed E-state index contributed by atoms with van der Waals surface area (Å²) in [6.07, 6.45) is 2.72. The molecule has 0 aromatic carbocycles. The summed E-state index contributed by atoms with van der Waals surface area (Å²) >= 11 is 0. The summed E-state index contributed by atoms with van der Waals surface area (Å²) in [5.41, 5.74) is 1.40. The number of hydrogen-bond donors (Lipinski definition) is 0. The zero-order valence-electron chi connectivity index (χ0n) is 17.5. The van der Waals surface area contributed by atoms with Gasteiger partial charge in [0.1, 0.15) is 0 Å². The zero-order valence-corrected chi connectivity index (χ0v) is 17.5. The molecule has 0 radical (unpaired) electrons. The molecule has 3 rings (SSSR count). The maximum Gasteiger partial charge on any atom is 0.0212 e. The van der Waals surface area contributed by atoms with Crippen molar-refractivity contribution in [3.05, 3.63) is 0 Å². The van der Waals surface area contributed by atoms with Gasteiger partial charge in [-0.2, -0.15) is 0 Å². The topological polar surface area (TPSA) is 9.72 Å². The molecule has 0 aromatic heterocycles. The Balaban J connectivity index is 1.49. The van der Waals surface area contributed by atoms with Gasteiger partial charge in [0.25, 0.3) is 0 Å². The van der Waals surface area contributed by atoms with Crippen LogP contribution in [0.5, 0.6) is 0 Å². The number of rotatable bonds is 2. The van der Waals surface area contributed by atoms with Crippen LogP contribution in [0.15, 0.2) is 0 Å². The SMILES string of the molecule is C[C@@H]1CC(N2CC3(C2)CN(C(C)(C)C)C3)C[C@H](C)N1CC(C)(C)C. The first kappa shape index (κ1) is 18.7. The molecule has 3 aliphatic rings. The van der Waals surface area contributed by atoms with Gasteiger partial charge in [-0.3, -0.25) is 14.7 Å². The monoisotopic (exact) mass is 335 g/mol. The van der Waals surface area contributed by atoms with Crippen LogP contribution >= 0.6 is 0 Å². The maximum absolute atomic E-state index is 2.81. The second-order valence-electron chi connectivity index (χ2n) is 11.5. The highest BCUT2D eigenvalue weighted by molar-refractivity contribution is 5.10. The average molecular weight is 336 g/mol. The third kappa shape index (κ3) is 3.68. The standard InChI is InChI=1S/C21H41N3/c1-16-9-18(10-17(2)24(16)11-19(3,4)5)22-12-21(13-22)14-23(15-21)20(6,7)8/h16-18H,9-15H2,1-8H3/t16-,17+,18?. The molecule has 3 nitrogen and oxygen atoms in total. The summed E-state index contributed by atoms with van der Waals surface area (Å²) < 4.78 is 0. The fraction of sp³-hybridized carbons (Fsp3) is 1.00. The highest BCUT2D eigenvalue weighted by Crippen LogP contribution is 2.45. The van der Waals surface area contributed by atoms with Crippen LogP contribution in [0.25, 0.3) is 0 Å². The van der Waals surface area contributed by atoms with E-state index in [2.05, 4.69) is 70.1 Å². The van der Waals surface area contributed by atoms with E-state index in [1.165, 1.54) is 45.6 Å². The molecule has 0 amide bonds. The van der Waals surface area contributed by atoms with Gasteiger partial charge >= 0.3 is 0 Å². The van der Waals surface area contributed by atoms with Crippen molar-refractivity contribution in [2.24, 2.45) is 10.8 Å². The predicted molar refractivity (Wildman–Crippen MR) is 103 cm³/mol. The van der Waals surface area contributed by atoms with Gasteiger partial charge in [0.05, 0.1) is 0 Å². The average Bonchev–Trinajstić information content (AvgIpc) is 2.27. The molecule has 24 heavy (non-hydrogen) atoms. The van der Waals surface area contributed by atoms with Crippen molar-refractivity contribution >= 4 is 0 Å². The van der Waals surface area contributed by atoms with Crippen molar-refractivity contribution in [3.63, 3.8) is 0 Å². The van der Waals surface area contributed by atoms with E-state index in [1.807, 2.05) is 0 Å². The first-order valence-electron chi connectivity index (χ1n) is 10.1. The van der Waals surface area contributed by atoms with Crippen molar-refractivity contribution in [1.29, 1.82) is 0 Å². The normalized spacial score (nSPS) is 35.8. The van der Waals surface area contributed by atoms with E-state index in [1.54, 1.807) is 0 Å². The number of likely N-dealkylation sites (tertiary alicyclic amines) is 3. The Morgan fingerprint density at radius 2 is 1.33 bits per heavy atom. The summed E-state index contributed by atoms with van der Waals surface area (Å²) in [4.78, 5) is 8.22. The van der Waals surface area contributed by atoms with E-state index < -0.39 is 0 Å². The molecular weight excluding hydrogens is 294 g/mol. The first-order valence-corrected chi connectivity index (χ1v) is 10.1. The van der Waals surface area contributed by atoms with Crippen LogP contribution < -0.4 is 0 Å². The Labute approximate surface area is 150 Å². The van der Waals surface area contributed by atoms with Crippen molar-refractivity contribution in [1.82, 2.24) is 14.7 Å². The quantitative estimate of drug-likeness (QED) is 0.762. The third-order valence-corrected chi connectivity index (χ3v) is 6.61. The minimum Gasteiger partial charge on any atom is -0.299 e. The zero-order chi connectivity index (χ0) is 17.9. The molecule has 0 bridgehead atoms. The molecule has 1 spiro atoms. The largest absolute Gasteiger partial charge is 0.299 e. The van der Waals surface area contributed by atoms with Gasteiger partial charge in [-0.15, -0.1) is 0 Å². The Kier molecular flexibility index (Phi) is 4.63. The smallest absolute Gasteiger partial charge is 0.0212 e.